The van der Waals surface area contributed by atoms with E-state index in [-0.39, 0.29) is 21.7 Å². The second-order valence-electron chi connectivity index (χ2n) is 25.9. The molecule has 0 heterocycles. The summed E-state index contributed by atoms with van der Waals surface area (Å²) in [4.78, 5) is 4.78. The smallest absolute Gasteiger partial charge is 0.0465 e. The van der Waals surface area contributed by atoms with Crippen molar-refractivity contribution in [1.29, 1.82) is 0 Å². The van der Waals surface area contributed by atoms with E-state index in [4.69, 9.17) is 0 Å². The minimum absolute atomic E-state index is 0.0891. The van der Waals surface area contributed by atoms with Crippen LogP contribution in [0.2, 0.25) is 0 Å². The number of hydrogen-bond donors (Lipinski definition) is 0. The molecule has 11 aromatic carbocycles. The van der Waals surface area contributed by atoms with Crippen LogP contribution in [0.3, 0.4) is 0 Å². The summed E-state index contributed by atoms with van der Waals surface area (Å²) in [6.07, 6.45) is 9.07. The highest BCUT2D eigenvalue weighted by molar-refractivity contribution is 6.08. The molecule has 402 valence electrons. The molecule has 0 atom stereocenters. The van der Waals surface area contributed by atoms with E-state index in [9.17, 15) is 0 Å². The summed E-state index contributed by atoms with van der Waals surface area (Å²) >= 11 is 0. The Bertz CT molecular complexity index is 4030. The fourth-order valence-electron chi connectivity index (χ4n) is 12.9. The summed E-state index contributed by atoms with van der Waals surface area (Å²) < 4.78 is 0. The predicted octanol–water partition coefficient (Wildman–Crippen LogP) is 22.5. The normalized spacial score (nSPS) is 14.1. The van der Waals surface area contributed by atoms with Crippen molar-refractivity contribution in [3.05, 3.63) is 286 Å². The van der Waals surface area contributed by atoms with Gasteiger partial charge >= 0.3 is 0 Å². The topological polar surface area (TPSA) is 6.48 Å². The third kappa shape index (κ3) is 9.44. The van der Waals surface area contributed by atoms with E-state index in [1.165, 1.54) is 111 Å². The molecular formula is C80H72N2. The molecule has 0 saturated heterocycles. The van der Waals surface area contributed by atoms with Crippen LogP contribution < -0.4 is 9.80 Å². The van der Waals surface area contributed by atoms with E-state index < -0.39 is 0 Å². The molecule has 0 fully saturated rings. The van der Waals surface area contributed by atoms with Gasteiger partial charge in [-0.05, 0) is 195 Å². The molecule has 0 spiro atoms. The van der Waals surface area contributed by atoms with Crippen molar-refractivity contribution >= 4 is 80.0 Å². The van der Waals surface area contributed by atoms with Crippen LogP contribution in [0.5, 0.6) is 0 Å². The molecule has 2 aliphatic rings. The molecule has 2 nitrogen and oxygen atoms in total. The molecule has 0 aliphatic heterocycles. The minimum Gasteiger partial charge on any atom is -0.310 e. The lowest BCUT2D eigenvalue weighted by atomic mass is 9.81. The standard InChI is InChI=1S/C80H72N2/c1-77(2,3)59-31-35-63(36-32-59)81(61-17-13-11-14-18-61)65-39-45-71-69-43-27-55(49-73(69)79(7,8)75(71)51-65)23-21-53-25-41-67-57(47-53)29-30-58-48-54(26-42-68(58)67)22-24-56-28-44-70-72-46-40-66(52-76(72)80(9,10)74(70)50-56)82(62-19-15-12-16-20-62)64-37-33-60(34-38-64)78(4,5)6/h11-52H,1-10H3/b23-21+,24-22+. The van der Waals surface area contributed by atoms with Crippen LogP contribution in [0.1, 0.15) is 125 Å². The molecule has 0 amide bonds. The third-order valence-electron chi connectivity index (χ3n) is 17.7. The van der Waals surface area contributed by atoms with Crippen molar-refractivity contribution < 1.29 is 0 Å². The summed E-state index contributed by atoms with van der Waals surface area (Å²) in [5.41, 5.74) is 24.9. The van der Waals surface area contributed by atoms with Gasteiger partial charge in [0.25, 0.3) is 0 Å². The van der Waals surface area contributed by atoms with Gasteiger partial charge in [-0.1, -0.05) is 239 Å². The van der Waals surface area contributed by atoms with Gasteiger partial charge in [-0.15, -0.1) is 0 Å². The fourth-order valence-corrected chi connectivity index (χ4v) is 12.9. The number of hydrogen-bond acceptors (Lipinski definition) is 2. The number of para-hydroxylation sites is 2. The number of anilines is 6. The summed E-state index contributed by atoms with van der Waals surface area (Å²) in [7, 11) is 0. The summed E-state index contributed by atoms with van der Waals surface area (Å²) in [5.74, 6) is 0. The van der Waals surface area contributed by atoms with Crippen LogP contribution >= 0.6 is 0 Å². The molecule has 0 N–H and O–H groups in total. The first-order valence-corrected chi connectivity index (χ1v) is 29.2. The lowest BCUT2D eigenvalue weighted by Crippen LogP contribution is -2.17. The zero-order chi connectivity index (χ0) is 56.7. The van der Waals surface area contributed by atoms with Gasteiger partial charge in [-0.25, -0.2) is 0 Å². The monoisotopic (exact) mass is 1060 g/mol. The van der Waals surface area contributed by atoms with E-state index in [0.29, 0.717) is 0 Å². The molecule has 2 heteroatoms. The third-order valence-corrected chi connectivity index (χ3v) is 17.7. The summed E-state index contributed by atoms with van der Waals surface area (Å²) in [6.45, 7) is 23.1. The van der Waals surface area contributed by atoms with Crippen molar-refractivity contribution in [2.75, 3.05) is 9.80 Å². The van der Waals surface area contributed by atoms with Crippen molar-refractivity contribution in [2.45, 2.75) is 90.9 Å². The Balaban J connectivity index is 0.717. The van der Waals surface area contributed by atoms with Crippen molar-refractivity contribution in [1.82, 2.24) is 0 Å². The number of fused-ring (bicyclic) bond motifs is 9. The van der Waals surface area contributed by atoms with Gasteiger partial charge in [0.2, 0.25) is 0 Å². The quantitative estimate of drug-likeness (QED) is 0.0995. The molecule has 82 heavy (non-hydrogen) atoms. The Morgan fingerprint density at radius 1 is 0.280 bits per heavy atom. The molecule has 2 aliphatic carbocycles. The zero-order valence-electron chi connectivity index (χ0n) is 49.1. The maximum Gasteiger partial charge on any atom is 0.0465 e. The van der Waals surface area contributed by atoms with Gasteiger partial charge in [0.15, 0.2) is 0 Å². The highest BCUT2D eigenvalue weighted by Crippen LogP contribution is 2.53. The van der Waals surface area contributed by atoms with E-state index in [0.717, 1.165) is 22.7 Å². The van der Waals surface area contributed by atoms with Crippen LogP contribution in [0.25, 0.3) is 68.1 Å². The molecule has 11 aromatic rings. The first kappa shape index (κ1) is 52.4. The number of benzene rings is 11. The van der Waals surface area contributed by atoms with Gasteiger partial charge in [0, 0.05) is 45.0 Å². The maximum absolute atomic E-state index is 2.42. The lowest BCUT2D eigenvalue weighted by Gasteiger charge is -2.29. The summed E-state index contributed by atoms with van der Waals surface area (Å²) in [6, 6.07) is 86.1. The molecular weight excluding hydrogens is 989 g/mol. The average molecular weight is 1060 g/mol. The molecule has 0 aromatic heterocycles. The first-order chi connectivity index (χ1) is 39.4. The van der Waals surface area contributed by atoms with Crippen LogP contribution in [0.4, 0.5) is 34.1 Å². The zero-order valence-corrected chi connectivity index (χ0v) is 49.1. The van der Waals surface area contributed by atoms with Gasteiger partial charge in [0.1, 0.15) is 0 Å². The van der Waals surface area contributed by atoms with Crippen molar-refractivity contribution in [2.24, 2.45) is 0 Å². The minimum atomic E-state index is -0.173. The van der Waals surface area contributed by atoms with E-state index in [1.54, 1.807) is 0 Å². The van der Waals surface area contributed by atoms with Gasteiger partial charge in [0.05, 0.1) is 0 Å². The van der Waals surface area contributed by atoms with Gasteiger partial charge in [-0.3, -0.25) is 0 Å². The van der Waals surface area contributed by atoms with Crippen LogP contribution in [-0.2, 0) is 21.7 Å². The Kier molecular flexibility index (Phi) is 12.7. The second-order valence-corrected chi connectivity index (χ2v) is 25.9. The SMILES string of the molecule is CC(C)(C)c1ccc(N(c2ccccc2)c2ccc3c(c2)C(C)(C)c2cc(/C=C/c4ccc5c(ccc6cc(/C=C/c7ccc8c(c7)C(C)(C)c7cc(N(c9ccccc9)c9ccc(C(C)(C)C)cc9)ccc7-8)ccc65)c4)ccc2-3)cc1. The van der Waals surface area contributed by atoms with Crippen LogP contribution in [0, 0.1) is 0 Å². The van der Waals surface area contributed by atoms with Gasteiger partial charge < -0.3 is 9.80 Å². The number of nitrogens with zero attached hydrogens (tertiary/aromatic N) is 2. The van der Waals surface area contributed by atoms with Crippen LogP contribution in [0.15, 0.2) is 231 Å². The fraction of sp³-hybridized carbons (Fsp3) is 0.175. The number of rotatable bonds is 10. The molecule has 0 radical (unpaired) electrons. The maximum atomic E-state index is 2.42. The molecule has 0 saturated carbocycles. The van der Waals surface area contributed by atoms with Crippen molar-refractivity contribution in [3.8, 4) is 22.3 Å². The lowest BCUT2D eigenvalue weighted by molar-refractivity contribution is 0.590. The molecule has 0 unspecified atom stereocenters. The van der Waals surface area contributed by atoms with E-state index >= 15 is 0 Å². The average Bonchev–Trinajstić information content (AvgIpc) is 2.09. The van der Waals surface area contributed by atoms with E-state index in [1.807, 2.05) is 0 Å². The van der Waals surface area contributed by atoms with Gasteiger partial charge in [-0.2, -0.15) is 0 Å². The first-order valence-electron chi connectivity index (χ1n) is 29.2. The van der Waals surface area contributed by atoms with E-state index in [2.05, 4.69) is 334 Å². The highest BCUT2D eigenvalue weighted by atomic mass is 15.1. The van der Waals surface area contributed by atoms with Crippen molar-refractivity contribution in [3.63, 3.8) is 0 Å². The Morgan fingerprint density at radius 2 is 0.573 bits per heavy atom. The molecule has 13 rings (SSSR count). The second kappa shape index (κ2) is 19.9. The Hall–Kier alpha value is -8.98. The Labute approximate surface area is 486 Å². The van der Waals surface area contributed by atoms with Crippen LogP contribution in [-0.4, -0.2) is 0 Å². The highest BCUT2D eigenvalue weighted by Gasteiger charge is 2.38. The molecule has 0 bridgehead atoms. The Morgan fingerprint density at radius 3 is 0.927 bits per heavy atom. The predicted molar refractivity (Wildman–Crippen MR) is 354 cm³/mol. The summed E-state index contributed by atoms with van der Waals surface area (Å²) in [5, 5.41) is 5.02. The largest absolute Gasteiger partial charge is 0.310 e.